The molecule has 0 aliphatic carbocycles. The minimum absolute atomic E-state index is 0.0357. The van der Waals surface area contributed by atoms with Gasteiger partial charge >= 0.3 is 0 Å². The number of rotatable bonds is 6. The fourth-order valence-electron chi connectivity index (χ4n) is 2.25. The van der Waals surface area contributed by atoms with Crippen molar-refractivity contribution in [2.24, 2.45) is 22.4 Å². The van der Waals surface area contributed by atoms with E-state index in [4.69, 9.17) is 34.2 Å². The number of anilines is 1. The summed E-state index contributed by atoms with van der Waals surface area (Å²) in [4.78, 5) is 8.14. The number of benzene rings is 1. The van der Waals surface area contributed by atoms with E-state index in [-0.39, 0.29) is 10.9 Å². The second-order valence-electron chi connectivity index (χ2n) is 5.70. The molecule has 0 atom stereocenters. The van der Waals surface area contributed by atoms with Gasteiger partial charge in [-0.1, -0.05) is 13.8 Å². The molecule has 0 saturated heterocycles. The average Bonchev–Trinajstić information content (AvgIpc) is 2.99. The summed E-state index contributed by atoms with van der Waals surface area (Å²) >= 11 is 6.31. The van der Waals surface area contributed by atoms with Crippen LogP contribution in [0.25, 0.3) is 0 Å². The molecule has 6 nitrogen and oxygen atoms in total. The molecule has 0 saturated carbocycles. The molecule has 0 spiro atoms. The van der Waals surface area contributed by atoms with Crippen LogP contribution in [0.3, 0.4) is 0 Å². The van der Waals surface area contributed by atoms with Crippen molar-refractivity contribution in [3.63, 3.8) is 0 Å². The third-order valence-corrected chi connectivity index (χ3v) is 4.03. The predicted octanol–water partition coefficient (Wildman–Crippen LogP) is 2.45. The summed E-state index contributed by atoms with van der Waals surface area (Å²) < 4.78 is 5.85. The average molecular weight is 364 g/mol. The highest BCUT2D eigenvalue weighted by atomic mass is 32.1. The Balaban J connectivity index is 2.38. The molecule has 128 valence electrons. The van der Waals surface area contributed by atoms with Gasteiger partial charge in [0.1, 0.15) is 23.2 Å². The minimum atomic E-state index is -0.0357. The molecule has 0 unspecified atom stereocenters. The first-order valence-corrected chi connectivity index (χ1v) is 8.73. The topological polar surface area (TPSA) is 113 Å². The quantitative estimate of drug-likeness (QED) is 0.314. The molecule has 0 fully saturated rings. The Morgan fingerprint density at radius 2 is 2.12 bits per heavy atom. The highest BCUT2D eigenvalue weighted by Crippen LogP contribution is 2.29. The minimum Gasteiger partial charge on any atom is -0.484 e. The van der Waals surface area contributed by atoms with Crippen molar-refractivity contribution in [2.75, 3.05) is 5.73 Å². The van der Waals surface area contributed by atoms with E-state index in [1.807, 2.05) is 17.5 Å². The van der Waals surface area contributed by atoms with Gasteiger partial charge in [0, 0.05) is 17.1 Å². The summed E-state index contributed by atoms with van der Waals surface area (Å²) in [6.45, 7) is 4.62. The molecule has 1 aromatic heterocycles. The van der Waals surface area contributed by atoms with Crippen molar-refractivity contribution in [3.8, 4) is 5.75 Å². The number of hydrogen-bond donors (Lipinski definition) is 3. The highest BCUT2D eigenvalue weighted by molar-refractivity contribution is 7.80. The van der Waals surface area contributed by atoms with Crippen LogP contribution in [0.4, 0.5) is 5.69 Å². The summed E-state index contributed by atoms with van der Waals surface area (Å²) in [6.07, 6.45) is 2.60. The number of amidine groups is 1. The van der Waals surface area contributed by atoms with Crippen molar-refractivity contribution in [3.05, 3.63) is 39.8 Å². The van der Waals surface area contributed by atoms with Crippen LogP contribution in [-0.4, -0.2) is 15.9 Å². The van der Waals surface area contributed by atoms with Gasteiger partial charge < -0.3 is 21.9 Å². The van der Waals surface area contributed by atoms with Crippen LogP contribution in [0, 0.1) is 5.92 Å². The van der Waals surface area contributed by atoms with Gasteiger partial charge in [-0.25, -0.2) is 9.98 Å². The van der Waals surface area contributed by atoms with Gasteiger partial charge in [-0.15, -0.1) is 11.3 Å². The summed E-state index contributed by atoms with van der Waals surface area (Å²) in [7, 11) is 0. The molecular weight excluding hydrogens is 342 g/mol. The van der Waals surface area contributed by atoms with Crippen molar-refractivity contribution < 1.29 is 4.74 Å². The van der Waals surface area contributed by atoms with Crippen molar-refractivity contribution in [1.29, 1.82) is 0 Å². The second-order valence-corrected chi connectivity index (χ2v) is 7.10. The van der Waals surface area contributed by atoms with Crippen molar-refractivity contribution >= 4 is 40.2 Å². The largest absolute Gasteiger partial charge is 0.484 e. The summed E-state index contributed by atoms with van der Waals surface area (Å²) in [5, 5.41) is 2.73. The standard InChI is InChI=1S/C16H21N5OS2/c1-9(2)5-10-6-11(15(18)21-16(19)23)14(17)12(7-10)22-8-13-20-3-4-24-13/h3-4,6-7,9H,5,8,17H2,1-2H3,(H4,18,19,21,23). The Morgan fingerprint density at radius 3 is 2.71 bits per heavy atom. The molecule has 1 heterocycles. The molecular formula is C16H21N5OS2. The zero-order chi connectivity index (χ0) is 17.7. The fraction of sp³-hybridized carbons (Fsp3) is 0.312. The third-order valence-electron chi connectivity index (χ3n) is 3.19. The number of thiazole rings is 1. The summed E-state index contributed by atoms with van der Waals surface area (Å²) in [5.41, 5.74) is 19.7. The van der Waals surface area contributed by atoms with Gasteiger partial charge in [-0.2, -0.15) is 0 Å². The van der Waals surface area contributed by atoms with Crippen LogP contribution in [0.15, 0.2) is 28.7 Å². The van der Waals surface area contributed by atoms with Crippen LogP contribution in [0.1, 0.15) is 30.0 Å². The van der Waals surface area contributed by atoms with Gasteiger partial charge in [-0.3, -0.25) is 0 Å². The monoisotopic (exact) mass is 363 g/mol. The van der Waals surface area contributed by atoms with Crippen molar-refractivity contribution in [1.82, 2.24) is 4.98 Å². The van der Waals surface area contributed by atoms with E-state index in [1.165, 1.54) is 11.3 Å². The lowest BCUT2D eigenvalue weighted by molar-refractivity contribution is 0.307. The van der Waals surface area contributed by atoms with Gasteiger partial charge in [0.05, 0.1) is 5.69 Å². The molecule has 2 rings (SSSR count). The number of ether oxygens (including phenoxy) is 1. The van der Waals surface area contributed by atoms with Gasteiger partial charge in [-0.05, 0) is 42.3 Å². The highest BCUT2D eigenvalue weighted by Gasteiger charge is 2.14. The number of aromatic nitrogens is 1. The number of hydrogen-bond acceptors (Lipinski definition) is 5. The van der Waals surface area contributed by atoms with E-state index in [0.717, 1.165) is 17.0 Å². The van der Waals surface area contributed by atoms with Gasteiger partial charge in [0.2, 0.25) is 0 Å². The molecule has 0 bridgehead atoms. The summed E-state index contributed by atoms with van der Waals surface area (Å²) in [6, 6.07) is 3.84. The normalized spacial score (nSPS) is 11.7. The Kier molecular flexibility index (Phi) is 6.10. The van der Waals surface area contributed by atoms with Crippen LogP contribution in [0.2, 0.25) is 0 Å². The Morgan fingerprint density at radius 1 is 1.38 bits per heavy atom. The first kappa shape index (κ1) is 18.2. The number of aliphatic imine (C=N–C) groups is 1. The molecule has 0 amide bonds. The number of nitrogens with two attached hydrogens (primary N) is 3. The Labute approximate surface area is 150 Å². The van der Waals surface area contributed by atoms with Crippen LogP contribution < -0.4 is 21.9 Å². The zero-order valence-corrected chi connectivity index (χ0v) is 15.3. The number of nitrogens with zero attached hydrogens (tertiary/aromatic N) is 2. The van der Waals surface area contributed by atoms with Crippen LogP contribution in [-0.2, 0) is 13.0 Å². The fourth-order valence-corrected chi connectivity index (χ4v) is 2.87. The molecule has 1 aromatic carbocycles. The molecule has 8 heteroatoms. The summed E-state index contributed by atoms with van der Waals surface area (Å²) in [5.74, 6) is 1.21. The molecule has 24 heavy (non-hydrogen) atoms. The molecule has 6 N–H and O–H groups in total. The third kappa shape index (κ3) is 4.90. The van der Waals surface area contributed by atoms with Gasteiger partial charge in [0.15, 0.2) is 5.11 Å². The van der Waals surface area contributed by atoms with Gasteiger partial charge in [0.25, 0.3) is 0 Å². The lowest BCUT2D eigenvalue weighted by atomic mass is 9.99. The molecule has 2 aromatic rings. The Hall–Kier alpha value is -2.19. The van der Waals surface area contributed by atoms with Crippen LogP contribution in [0.5, 0.6) is 5.75 Å². The second kappa shape index (κ2) is 8.07. The molecule has 0 radical (unpaired) electrons. The van der Waals surface area contributed by atoms with E-state index >= 15 is 0 Å². The van der Waals surface area contributed by atoms with Crippen molar-refractivity contribution in [2.45, 2.75) is 26.9 Å². The first-order valence-electron chi connectivity index (χ1n) is 7.44. The van der Waals surface area contributed by atoms with E-state index in [2.05, 4.69) is 23.8 Å². The van der Waals surface area contributed by atoms with E-state index < -0.39 is 0 Å². The van der Waals surface area contributed by atoms with E-state index in [1.54, 1.807) is 6.20 Å². The lowest BCUT2D eigenvalue weighted by Gasteiger charge is -2.15. The number of nitrogen functional groups attached to an aromatic ring is 1. The maximum Gasteiger partial charge on any atom is 0.192 e. The Bertz CT molecular complexity index is 741. The smallest absolute Gasteiger partial charge is 0.192 e. The van der Waals surface area contributed by atoms with E-state index in [9.17, 15) is 0 Å². The SMILES string of the molecule is CC(C)Cc1cc(OCc2nccs2)c(N)c(C(N)=NC(N)=S)c1. The maximum atomic E-state index is 6.21. The zero-order valence-electron chi connectivity index (χ0n) is 13.7. The predicted molar refractivity (Wildman–Crippen MR) is 103 cm³/mol. The molecule has 0 aliphatic heterocycles. The number of thiocarbonyl (C=S) groups is 1. The maximum absolute atomic E-state index is 6.21. The lowest BCUT2D eigenvalue weighted by Crippen LogP contribution is -2.20. The molecule has 0 aliphatic rings. The van der Waals surface area contributed by atoms with Crippen LogP contribution >= 0.6 is 23.6 Å². The first-order chi connectivity index (χ1) is 11.4. The van der Waals surface area contributed by atoms with E-state index in [0.29, 0.717) is 29.5 Å².